The van der Waals surface area contributed by atoms with E-state index in [2.05, 4.69) is 60.3 Å². The first-order chi connectivity index (χ1) is 9.67. The van der Waals surface area contributed by atoms with Gasteiger partial charge in [-0.25, -0.2) is 9.97 Å². The van der Waals surface area contributed by atoms with E-state index in [4.69, 9.17) is 0 Å². The lowest BCUT2D eigenvalue weighted by atomic mass is 9.98. The third-order valence-electron chi connectivity index (χ3n) is 3.53. The topological polar surface area (TPSA) is 37.8 Å². The second kappa shape index (κ2) is 6.51. The van der Waals surface area contributed by atoms with Crippen molar-refractivity contribution in [1.29, 1.82) is 0 Å². The van der Waals surface area contributed by atoms with Gasteiger partial charge in [0.1, 0.15) is 12.1 Å². The van der Waals surface area contributed by atoms with E-state index in [1.165, 1.54) is 11.1 Å². The lowest BCUT2D eigenvalue weighted by Gasteiger charge is -2.13. The van der Waals surface area contributed by atoms with E-state index in [0.717, 1.165) is 29.9 Å². The molecule has 3 heteroatoms. The zero-order valence-corrected chi connectivity index (χ0v) is 12.8. The minimum atomic E-state index is 0.553. The Bertz CT molecular complexity index is 559. The normalized spacial score (nSPS) is 10.8. The molecule has 0 radical (unpaired) electrons. The van der Waals surface area contributed by atoms with Crippen LogP contribution in [0.4, 0.5) is 5.82 Å². The molecular formula is C17H23N3. The second-order valence-corrected chi connectivity index (χ2v) is 5.33. The zero-order chi connectivity index (χ0) is 14.5. The fourth-order valence-corrected chi connectivity index (χ4v) is 2.39. The lowest BCUT2D eigenvalue weighted by molar-refractivity contribution is 0.866. The summed E-state index contributed by atoms with van der Waals surface area (Å²) in [4.78, 5) is 8.83. The van der Waals surface area contributed by atoms with Crippen LogP contribution in [0.2, 0.25) is 0 Å². The molecule has 20 heavy (non-hydrogen) atoms. The monoisotopic (exact) mass is 269 g/mol. The third-order valence-corrected chi connectivity index (χ3v) is 3.53. The molecule has 0 bridgehead atoms. The van der Waals surface area contributed by atoms with Crippen LogP contribution in [0.3, 0.4) is 0 Å². The van der Waals surface area contributed by atoms with Gasteiger partial charge in [-0.15, -0.1) is 0 Å². The average molecular weight is 269 g/mol. The van der Waals surface area contributed by atoms with Crippen LogP contribution >= 0.6 is 0 Å². The molecule has 0 atom stereocenters. The minimum absolute atomic E-state index is 0.553. The van der Waals surface area contributed by atoms with Crippen molar-refractivity contribution in [2.75, 3.05) is 12.4 Å². The lowest BCUT2D eigenvalue weighted by Crippen LogP contribution is -2.03. The summed E-state index contributed by atoms with van der Waals surface area (Å²) in [5.41, 5.74) is 4.77. The molecule has 106 valence electrons. The van der Waals surface area contributed by atoms with Crippen molar-refractivity contribution in [2.45, 2.75) is 39.5 Å². The van der Waals surface area contributed by atoms with E-state index in [1.807, 2.05) is 7.05 Å². The fourth-order valence-electron chi connectivity index (χ4n) is 2.39. The van der Waals surface area contributed by atoms with Crippen molar-refractivity contribution in [1.82, 2.24) is 9.97 Å². The minimum Gasteiger partial charge on any atom is -0.373 e. The molecule has 0 aliphatic rings. The van der Waals surface area contributed by atoms with E-state index >= 15 is 0 Å². The number of anilines is 1. The number of nitrogens with one attached hydrogen (secondary N) is 1. The van der Waals surface area contributed by atoms with Crippen LogP contribution in [-0.2, 0) is 6.42 Å². The smallest absolute Gasteiger partial charge is 0.132 e. The van der Waals surface area contributed by atoms with Crippen LogP contribution in [0.25, 0.3) is 11.3 Å². The Morgan fingerprint density at radius 1 is 1.10 bits per heavy atom. The van der Waals surface area contributed by atoms with Gasteiger partial charge in [-0.2, -0.15) is 0 Å². The van der Waals surface area contributed by atoms with Crippen molar-refractivity contribution < 1.29 is 0 Å². The Morgan fingerprint density at radius 2 is 1.80 bits per heavy atom. The molecule has 0 saturated heterocycles. The van der Waals surface area contributed by atoms with Crippen LogP contribution < -0.4 is 5.32 Å². The summed E-state index contributed by atoms with van der Waals surface area (Å²) in [7, 11) is 1.91. The molecule has 0 saturated carbocycles. The quantitative estimate of drug-likeness (QED) is 0.881. The van der Waals surface area contributed by atoms with Crippen LogP contribution in [0.1, 0.15) is 44.2 Å². The van der Waals surface area contributed by atoms with Crippen molar-refractivity contribution in [3.63, 3.8) is 0 Å². The summed E-state index contributed by atoms with van der Waals surface area (Å²) in [6.07, 6.45) is 3.70. The van der Waals surface area contributed by atoms with E-state index < -0.39 is 0 Å². The van der Waals surface area contributed by atoms with Gasteiger partial charge < -0.3 is 5.32 Å². The molecule has 1 aromatic heterocycles. The SMILES string of the molecule is CCCc1c(NC)ncnc1-c1ccc(C(C)C)cc1. The largest absolute Gasteiger partial charge is 0.373 e. The number of aromatic nitrogens is 2. The molecule has 0 unspecified atom stereocenters. The second-order valence-electron chi connectivity index (χ2n) is 5.33. The summed E-state index contributed by atoms with van der Waals surface area (Å²) in [6.45, 7) is 6.60. The summed E-state index contributed by atoms with van der Waals surface area (Å²) >= 11 is 0. The highest BCUT2D eigenvalue weighted by Gasteiger charge is 2.11. The summed E-state index contributed by atoms with van der Waals surface area (Å²) < 4.78 is 0. The van der Waals surface area contributed by atoms with Gasteiger partial charge in [0, 0.05) is 18.2 Å². The number of benzene rings is 1. The van der Waals surface area contributed by atoms with Crippen molar-refractivity contribution in [3.8, 4) is 11.3 Å². The molecule has 2 rings (SSSR count). The van der Waals surface area contributed by atoms with Crippen LogP contribution in [0, 0.1) is 0 Å². The van der Waals surface area contributed by atoms with Crippen molar-refractivity contribution in [2.24, 2.45) is 0 Å². The maximum Gasteiger partial charge on any atom is 0.132 e. The first-order valence-corrected chi connectivity index (χ1v) is 7.29. The summed E-state index contributed by atoms with van der Waals surface area (Å²) in [5, 5.41) is 3.17. The molecule has 2 aromatic rings. The molecule has 1 N–H and O–H groups in total. The van der Waals surface area contributed by atoms with Gasteiger partial charge in [-0.3, -0.25) is 0 Å². The van der Waals surface area contributed by atoms with Gasteiger partial charge in [0.15, 0.2) is 0 Å². The van der Waals surface area contributed by atoms with E-state index in [0.29, 0.717) is 5.92 Å². The van der Waals surface area contributed by atoms with Crippen molar-refractivity contribution >= 4 is 5.82 Å². The molecular weight excluding hydrogens is 246 g/mol. The zero-order valence-electron chi connectivity index (χ0n) is 12.8. The van der Waals surface area contributed by atoms with Crippen LogP contribution in [-0.4, -0.2) is 17.0 Å². The molecule has 3 nitrogen and oxygen atoms in total. The maximum absolute atomic E-state index is 4.50. The maximum atomic E-state index is 4.50. The molecule has 0 fully saturated rings. The number of hydrogen-bond acceptors (Lipinski definition) is 3. The van der Waals surface area contributed by atoms with Gasteiger partial charge in [-0.05, 0) is 17.9 Å². The fraction of sp³-hybridized carbons (Fsp3) is 0.412. The number of rotatable bonds is 5. The predicted molar refractivity (Wildman–Crippen MR) is 85.1 cm³/mol. The van der Waals surface area contributed by atoms with Crippen molar-refractivity contribution in [3.05, 3.63) is 41.7 Å². The predicted octanol–water partition coefficient (Wildman–Crippen LogP) is 4.26. The Kier molecular flexibility index (Phi) is 4.72. The van der Waals surface area contributed by atoms with Gasteiger partial charge >= 0.3 is 0 Å². The first-order valence-electron chi connectivity index (χ1n) is 7.29. The summed E-state index contributed by atoms with van der Waals surface area (Å²) in [6, 6.07) is 8.71. The van der Waals surface area contributed by atoms with E-state index in [1.54, 1.807) is 6.33 Å². The standard InChI is InChI=1S/C17H23N3/c1-5-6-15-16(19-11-20-17(15)18-4)14-9-7-13(8-10-14)12(2)3/h7-12H,5-6H2,1-4H3,(H,18,19,20). The molecule has 1 heterocycles. The number of hydrogen-bond donors (Lipinski definition) is 1. The number of nitrogens with zero attached hydrogens (tertiary/aromatic N) is 2. The summed E-state index contributed by atoms with van der Waals surface area (Å²) in [5.74, 6) is 1.49. The Labute approximate surface area is 121 Å². The molecule has 0 aliphatic heterocycles. The van der Waals surface area contributed by atoms with Crippen LogP contribution in [0.5, 0.6) is 0 Å². The third kappa shape index (κ3) is 2.98. The van der Waals surface area contributed by atoms with Crippen LogP contribution in [0.15, 0.2) is 30.6 Å². The molecule has 0 aliphatic carbocycles. The molecule has 1 aromatic carbocycles. The highest BCUT2D eigenvalue weighted by molar-refractivity contribution is 5.68. The average Bonchev–Trinajstić information content (AvgIpc) is 2.48. The molecule has 0 amide bonds. The Balaban J connectivity index is 2.45. The Morgan fingerprint density at radius 3 is 2.35 bits per heavy atom. The van der Waals surface area contributed by atoms with Gasteiger partial charge in [-0.1, -0.05) is 51.5 Å². The highest BCUT2D eigenvalue weighted by atomic mass is 15.0. The van der Waals surface area contributed by atoms with Gasteiger partial charge in [0.2, 0.25) is 0 Å². The van der Waals surface area contributed by atoms with Gasteiger partial charge in [0.05, 0.1) is 5.69 Å². The first kappa shape index (κ1) is 14.5. The van der Waals surface area contributed by atoms with Gasteiger partial charge in [0.25, 0.3) is 0 Å². The van der Waals surface area contributed by atoms with E-state index in [9.17, 15) is 0 Å². The molecule has 0 spiro atoms. The van der Waals surface area contributed by atoms with E-state index in [-0.39, 0.29) is 0 Å². The highest BCUT2D eigenvalue weighted by Crippen LogP contribution is 2.28. The Hall–Kier alpha value is -1.90.